The predicted octanol–water partition coefficient (Wildman–Crippen LogP) is 1.94. The van der Waals surface area contributed by atoms with Crippen molar-refractivity contribution in [3.63, 3.8) is 0 Å². The molecule has 2 unspecified atom stereocenters. The average Bonchev–Trinajstić information content (AvgIpc) is 3.06. The minimum absolute atomic E-state index is 0.0817. The van der Waals surface area contributed by atoms with E-state index in [0.717, 1.165) is 32.3 Å². The number of nitriles is 1. The van der Waals surface area contributed by atoms with Crippen molar-refractivity contribution in [2.45, 2.75) is 50.5 Å². The molecule has 6 nitrogen and oxygen atoms in total. The largest absolute Gasteiger partial charge is 0.378 e. The third kappa shape index (κ3) is 6.85. The first-order valence-corrected chi connectivity index (χ1v) is 10.3. The van der Waals surface area contributed by atoms with Crippen LogP contribution in [0.4, 0.5) is 0 Å². The number of benzene rings is 1. The Morgan fingerprint density at radius 1 is 1.40 bits per heavy atom. The molecule has 0 aliphatic carbocycles. The van der Waals surface area contributed by atoms with Gasteiger partial charge >= 0.3 is 0 Å². The van der Waals surface area contributed by atoms with Gasteiger partial charge in [-0.1, -0.05) is 12.1 Å². The van der Waals surface area contributed by atoms with Gasteiger partial charge in [0.2, 0.25) is 5.91 Å². The first-order chi connectivity index (χ1) is 11.9. The Kier molecular flexibility index (Phi) is 6.97. The van der Waals surface area contributed by atoms with E-state index in [4.69, 9.17) is 10.00 Å². The van der Waals surface area contributed by atoms with E-state index in [1.807, 2.05) is 13.0 Å². The summed E-state index contributed by atoms with van der Waals surface area (Å²) in [6, 6.07) is 8.22. The summed E-state index contributed by atoms with van der Waals surface area (Å²) in [5, 5.41) is 11.5. The summed E-state index contributed by atoms with van der Waals surface area (Å²) in [5.74, 6) is -1.22. The van der Waals surface area contributed by atoms with Crippen LogP contribution in [0, 0.1) is 11.3 Å². The first kappa shape index (κ1) is 19.4. The van der Waals surface area contributed by atoms with Crippen molar-refractivity contribution >= 4 is 15.7 Å². The Labute approximate surface area is 149 Å². The normalized spacial score (nSPS) is 18.5. The van der Waals surface area contributed by atoms with Crippen molar-refractivity contribution in [2.24, 2.45) is 0 Å². The van der Waals surface area contributed by atoms with Crippen LogP contribution >= 0.6 is 0 Å². The molecule has 2 rings (SSSR count). The van der Waals surface area contributed by atoms with Crippen LogP contribution in [0.5, 0.6) is 0 Å². The number of hydrogen-bond acceptors (Lipinski definition) is 5. The lowest BCUT2D eigenvalue weighted by atomic mass is 10.1. The highest BCUT2D eigenvalue weighted by Gasteiger charge is 2.20. The number of nitrogens with zero attached hydrogens (tertiary/aromatic N) is 1. The van der Waals surface area contributed by atoms with E-state index in [-0.39, 0.29) is 17.9 Å². The summed E-state index contributed by atoms with van der Waals surface area (Å²) in [6.45, 7) is 2.68. The second-order valence-electron chi connectivity index (χ2n) is 6.52. The smallest absolute Gasteiger partial charge is 0.235 e. The molecule has 1 saturated heterocycles. The third-order valence-corrected chi connectivity index (χ3v) is 5.65. The van der Waals surface area contributed by atoms with Crippen molar-refractivity contribution in [2.75, 3.05) is 12.4 Å². The van der Waals surface area contributed by atoms with Gasteiger partial charge in [-0.2, -0.15) is 5.26 Å². The molecule has 1 fully saturated rings. The van der Waals surface area contributed by atoms with E-state index in [9.17, 15) is 13.2 Å². The van der Waals surface area contributed by atoms with Gasteiger partial charge in [0.1, 0.15) is 5.75 Å². The molecule has 0 spiro atoms. The summed E-state index contributed by atoms with van der Waals surface area (Å²) in [5.41, 5.74) is 1.04. The van der Waals surface area contributed by atoms with Crippen LogP contribution in [0.3, 0.4) is 0 Å². The molecule has 25 heavy (non-hydrogen) atoms. The summed E-state index contributed by atoms with van der Waals surface area (Å²) >= 11 is 0. The van der Waals surface area contributed by atoms with Gasteiger partial charge in [0.15, 0.2) is 9.84 Å². The molecule has 0 radical (unpaired) electrons. The van der Waals surface area contributed by atoms with Crippen molar-refractivity contribution in [3.8, 4) is 6.07 Å². The molecular weight excluding hydrogens is 340 g/mol. The fourth-order valence-electron chi connectivity index (χ4n) is 2.88. The topological polar surface area (TPSA) is 96.3 Å². The number of carbonyl (C=O) groups is 1. The summed E-state index contributed by atoms with van der Waals surface area (Å²) < 4.78 is 29.9. The lowest BCUT2D eigenvalue weighted by Gasteiger charge is -2.16. The summed E-state index contributed by atoms with van der Waals surface area (Å²) in [4.78, 5) is 12.0. The molecule has 1 aromatic rings. The lowest BCUT2D eigenvalue weighted by Crippen LogP contribution is -2.37. The fraction of sp³-hybridized carbons (Fsp3) is 0.556. The molecule has 1 aromatic carbocycles. The molecule has 0 bridgehead atoms. The molecule has 1 aliphatic rings. The van der Waals surface area contributed by atoms with E-state index >= 15 is 0 Å². The summed E-state index contributed by atoms with van der Waals surface area (Å²) in [6.07, 6.45) is 4.05. The van der Waals surface area contributed by atoms with Gasteiger partial charge in [-0.25, -0.2) is 8.42 Å². The quantitative estimate of drug-likeness (QED) is 0.760. The monoisotopic (exact) mass is 364 g/mol. The highest BCUT2D eigenvalue weighted by molar-refractivity contribution is 7.91. The van der Waals surface area contributed by atoms with Crippen LogP contribution < -0.4 is 5.32 Å². The third-order valence-electron chi connectivity index (χ3n) is 4.17. The molecule has 136 valence electrons. The molecule has 0 aromatic heterocycles. The van der Waals surface area contributed by atoms with Crippen molar-refractivity contribution in [1.29, 1.82) is 5.26 Å². The van der Waals surface area contributed by atoms with Gasteiger partial charge in [0.05, 0.1) is 23.5 Å². The maximum absolute atomic E-state index is 12.2. The van der Waals surface area contributed by atoms with E-state index < -0.39 is 21.5 Å². The van der Waals surface area contributed by atoms with Gasteiger partial charge in [0, 0.05) is 12.6 Å². The number of ether oxygens (including phenoxy) is 1. The number of amides is 1. The predicted molar refractivity (Wildman–Crippen MR) is 94.5 cm³/mol. The molecule has 7 heteroatoms. The first-order valence-electron chi connectivity index (χ1n) is 8.48. The Balaban J connectivity index is 1.77. The highest BCUT2D eigenvalue weighted by atomic mass is 32.2. The van der Waals surface area contributed by atoms with Gasteiger partial charge in [-0.15, -0.1) is 0 Å². The second-order valence-corrected chi connectivity index (χ2v) is 8.59. The van der Waals surface area contributed by atoms with Crippen LogP contribution in [-0.2, 0) is 25.1 Å². The maximum atomic E-state index is 12.2. The molecule has 1 heterocycles. The number of carbonyl (C=O) groups excluding carboxylic acids is 1. The molecular formula is C18H24N2O4S. The maximum Gasteiger partial charge on any atom is 0.235 e. The van der Waals surface area contributed by atoms with Gasteiger partial charge < -0.3 is 10.1 Å². The van der Waals surface area contributed by atoms with Crippen LogP contribution in [-0.4, -0.2) is 38.8 Å². The fourth-order valence-corrected chi connectivity index (χ4v) is 4.16. The SMILES string of the molecule is CC(CCC1CCCO1)NC(=O)CS(=O)(=O)Cc1ccc(C#N)cc1. The number of nitrogens with one attached hydrogen (secondary N) is 1. The molecule has 1 amide bonds. The van der Waals surface area contributed by atoms with E-state index in [1.54, 1.807) is 24.3 Å². The van der Waals surface area contributed by atoms with Crippen molar-refractivity contribution in [1.82, 2.24) is 5.32 Å². The van der Waals surface area contributed by atoms with Crippen LogP contribution in [0.15, 0.2) is 24.3 Å². The van der Waals surface area contributed by atoms with Crippen LogP contribution in [0.2, 0.25) is 0 Å². The standard InChI is InChI=1S/C18H24N2O4S/c1-14(4-9-17-3-2-10-24-17)20-18(21)13-25(22,23)12-16-7-5-15(11-19)6-8-16/h5-8,14,17H,2-4,9-10,12-13H2,1H3,(H,20,21). The molecule has 2 atom stereocenters. The highest BCUT2D eigenvalue weighted by Crippen LogP contribution is 2.17. The zero-order valence-electron chi connectivity index (χ0n) is 14.4. The van der Waals surface area contributed by atoms with Crippen molar-refractivity contribution in [3.05, 3.63) is 35.4 Å². The van der Waals surface area contributed by atoms with Gasteiger partial charge in [0.25, 0.3) is 0 Å². The number of rotatable bonds is 8. The van der Waals surface area contributed by atoms with Crippen LogP contribution in [0.1, 0.15) is 43.7 Å². The lowest BCUT2D eigenvalue weighted by molar-refractivity contribution is -0.119. The number of sulfone groups is 1. The van der Waals surface area contributed by atoms with Gasteiger partial charge in [-0.05, 0) is 50.3 Å². The molecule has 0 saturated carbocycles. The summed E-state index contributed by atoms with van der Waals surface area (Å²) in [7, 11) is -3.55. The minimum atomic E-state index is -3.55. The average molecular weight is 364 g/mol. The number of hydrogen-bond donors (Lipinski definition) is 1. The van der Waals surface area contributed by atoms with E-state index in [2.05, 4.69) is 5.32 Å². The van der Waals surface area contributed by atoms with Crippen molar-refractivity contribution < 1.29 is 17.9 Å². The molecule has 1 N–H and O–H groups in total. The van der Waals surface area contributed by atoms with Gasteiger partial charge in [-0.3, -0.25) is 4.79 Å². The zero-order chi connectivity index (χ0) is 18.3. The minimum Gasteiger partial charge on any atom is -0.378 e. The Morgan fingerprint density at radius 3 is 2.72 bits per heavy atom. The van der Waals surface area contributed by atoms with E-state index in [1.165, 1.54) is 0 Å². The Bertz CT molecular complexity index is 716. The zero-order valence-corrected chi connectivity index (χ0v) is 15.2. The van der Waals surface area contributed by atoms with Crippen LogP contribution in [0.25, 0.3) is 0 Å². The van der Waals surface area contributed by atoms with E-state index in [0.29, 0.717) is 11.1 Å². The Morgan fingerprint density at radius 2 is 2.12 bits per heavy atom. The molecule has 1 aliphatic heterocycles. The Hall–Kier alpha value is -1.91. The second kappa shape index (κ2) is 8.97.